The number of nitrogens with zero attached hydrogens (tertiary/aromatic N) is 1. The van der Waals surface area contributed by atoms with Crippen molar-refractivity contribution in [3.63, 3.8) is 0 Å². The van der Waals surface area contributed by atoms with Crippen molar-refractivity contribution in [3.8, 4) is 5.75 Å². The van der Waals surface area contributed by atoms with Crippen LogP contribution in [0.4, 0.5) is 10.1 Å². The molecule has 3 rings (SSSR count). The molecular weight excluding hydrogens is 339 g/mol. The van der Waals surface area contributed by atoms with Crippen LogP contribution in [0.2, 0.25) is 0 Å². The van der Waals surface area contributed by atoms with E-state index in [1.165, 1.54) is 12.1 Å². The normalized spacial score (nSPS) is 21.0. The Kier molecular flexibility index (Phi) is 4.61. The highest BCUT2D eigenvalue weighted by Gasteiger charge is 2.37. The Morgan fingerprint density at radius 3 is 2.62 bits per heavy atom. The minimum atomic E-state index is -4.17. The zero-order valence-corrected chi connectivity index (χ0v) is 13.7. The largest absolute Gasteiger partial charge is 0.506 e. The summed E-state index contributed by atoms with van der Waals surface area (Å²) in [6.45, 7) is 1.65. The Balaban J connectivity index is 1.77. The van der Waals surface area contributed by atoms with Gasteiger partial charge in [-0.2, -0.15) is 8.42 Å². The summed E-state index contributed by atoms with van der Waals surface area (Å²) < 4.78 is 40.2. The summed E-state index contributed by atoms with van der Waals surface area (Å²) in [5.74, 6) is -2.18. The predicted molar refractivity (Wildman–Crippen MR) is 85.2 cm³/mol. The Hall–Kier alpha value is -1.91. The number of phenols is 1. The summed E-state index contributed by atoms with van der Waals surface area (Å²) in [6.07, 6.45) is 1.93. The number of hydrogen-bond acceptors (Lipinski definition) is 6. The molecular formula is C14H19FN4O4S. The average molecular weight is 358 g/mol. The molecule has 0 bridgehead atoms. The maximum Gasteiger partial charge on any atom is 0.326 e. The summed E-state index contributed by atoms with van der Waals surface area (Å²) >= 11 is 0. The van der Waals surface area contributed by atoms with Crippen LogP contribution in [0.1, 0.15) is 18.4 Å². The van der Waals surface area contributed by atoms with Gasteiger partial charge in [0.1, 0.15) is 18.0 Å². The third kappa shape index (κ3) is 3.45. The van der Waals surface area contributed by atoms with Gasteiger partial charge in [0.05, 0.1) is 0 Å². The average Bonchev–Trinajstić information content (AvgIpc) is 2.78. The van der Waals surface area contributed by atoms with E-state index in [4.69, 9.17) is 0 Å². The molecule has 0 spiro atoms. The van der Waals surface area contributed by atoms with Crippen molar-refractivity contribution in [2.24, 2.45) is 0 Å². The first-order valence-corrected chi connectivity index (χ1v) is 9.09. The van der Waals surface area contributed by atoms with Crippen LogP contribution in [-0.4, -0.2) is 45.1 Å². The summed E-state index contributed by atoms with van der Waals surface area (Å²) in [5.41, 5.74) is -0.0119. The van der Waals surface area contributed by atoms with Gasteiger partial charge < -0.3 is 15.7 Å². The number of carbonyl (C=O) groups is 1. The SMILES string of the molecule is O=C1CN(c2c(O)cc(CNC3CCNCC3)cc2F)S(=O)(=O)N1. The van der Waals surface area contributed by atoms with Crippen LogP contribution in [0, 0.1) is 5.82 Å². The highest BCUT2D eigenvalue weighted by atomic mass is 32.2. The van der Waals surface area contributed by atoms with Gasteiger partial charge in [-0.05, 0) is 43.6 Å². The molecule has 2 aliphatic heterocycles. The number of nitrogens with one attached hydrogen (secondary N) is 3. The molecule has 8 nitrogen and oxygen atoms in total. The van der Waals surface area contributed by atoms with Crippen LogP contribution < -0.4 is 19.7 Å². The van der Waals surface area contributed by atoms with Gasteiger partial charge in [-0.3, -0.25) is 4.79 Å². The van der Waals surface area contributed by atoms with E-state index >= 15 is 0 Å². The van der Waals surface area contributed by atoms with E-state index in [0.29, 0.717) is 22.5 Å². The van der Waals surface area contributed by atoms with Crippen molar-refractivity contribution in [3.05, 3.63) is 23.5 Å². The van der Waals surface area contributed by atoms with Crippen LogP contribution in [0.3, 0.4) is 0 Å². The number of amides is 1. The molecule has 0 radical (unpaired) electrons. The van der Waals surface area contributed by atoms with Crippen LogP contribution in [0.5, 0.6) is 5.75 Å². The quantitative estimate of drug-likeness (QED) is 0.580. The minimum Gasteiger partial charge on any atom is -0.506 e. The molecule has 4 N–H and O–H groups in total. The lowest BCUT2D eigenvalue weighted by molar-refractivity contribution is -0.117. The van der Waals surface area contributed by atoms with Gasteiger partial charge in [0.25, 0.3) is 5.91 Å². The lowest BCUT2D eigenvalue weighted by atomic mass is 10.1. The number of carbonyl (C=O) groups excluding carboxylic acids is 1. The second-order valence-electron chi connectivity index (χ2n) is 5.89. The van der Waals surface area contributed by atoms with Gasteiger partial charge >= 0.3 is 10.2 Å². The molecule has 0 atom stereocenters. The Morgan fingerprint density at radius 2 is 2.04 bits per heavy atom. The molecule has 0 aliphatic carbocycles. The van der Waals surface area contributed by atoms with Gasteiger partial charge in [0, 0.05) is 12.6 Å². The van der Waals surface area contributed by atoms with Crippen molar-refractivity contribution in [2.45, 2.75) is 25.4 Å². The summed E-state index contributed by atoms with van der Waals surface area (Å²) in [4.78, 5) is 11.3. The summed E-state index contributed by atoms with van der Waals surface area (Å²) in [7, 11) is -4.17. The maximum atomic E-state index is 14.4. The fourth-order valence-electron chi connectivity index (χ4n) is 2.92. The molecule has 10 heteroatoms. The van der Waals surface area contributed by atoms with Gasteiger partial charge in [0.15, 0.2) is 5.82 Å². The van der Waals surface area contributed by atoms with Gasteiger partial charge in [-0.25, -0.2) is 13.4 Å². The van der Waals surface area contributed by atoms with Crippen molar-refractivity contribution in [2.75, 3.05) is 23.9 Å². The van der Waals surface area contributed by atoms with E-state index in [2.05, 4.69) is 10.6 Å². The molecule has 2 aliphatic rings. The van der Waals surface area contributed by atoms with E-state index < -0.39 is 39.9 Å². The van der Waals surface area contributed by atoms with Gasteiger partial charge in [-0.15, -0.1) is 0 Å². The zero-order valence-electron chi connectivity index (χ0n) is 12.9. The number of hydrogen-bond donors (Lipinski definition) is 4. The number of anilines is 1. The van der Waals surface area contributed by atoms with Crippen LogP contribution in [0.25, 0.3) is 0 Å². The van der Waals surface area contributed by atoms with Crippen molar-refractivity contribution in [1.29, 1.82) is 0 Å². The molecule has 24 heavy (non-hydrogen) atoms. The highest BCUT2D eigenvalue weighted by Crippen LogP contribution is 2.34. The second kappa shape index (κ2) is 6.54. The molecule has 1 aromatic rings. The van der Waals surface area contributed by atoms with Crippen LogP contribution >= 0.6 is 0 Å². The van der Waals surface area contributed by atoms with Gasteiger partial charge in [-0.1, -0.05) is 0 Å². The van der Waals surface area contributed by atoms with E-state index in [0.717, 1.165) is 25.9 Å². The summed E-state index contributed by atoms with van der Waals surface area (Å²) in [6, 6.07) is 2.80. The third-order valence-corrected chi connectivity index (χ3v) is 5.48. The lowest BCUT2D eigenvalue weighted by Crippen LogP contribution is -2.39. The molecule has 2 heterocycles. The third-order valence-electron chi connectivity index (χ3n) is 4.11. The standard InChI is InChI=1S/C14H19FN4O4S/c15-11-5-9(7-17-10-1-3-16-4-2-10)6-12(20)14(11)19-8-13(21)18-24(19,22)23/h5-6,10,16-17,20H,1-4,7-8H2,(H,18,21). The monoisotopic (exact) mass is 358 g/mol. The Morgan fingerprint density at radius 1 is 1.33 bits per heavy atom. The number of halogens is 1. The van der Waals surface area contributed by atoms with E-state index in [-0.39, 0.29) is 0 Å². The Bertz CT molecular complexity index is 726. The number of aromatic hydroxyl groups is 1. The maximum absolute atomic E-state index is 14.4. The van der Waals surface area contributed by atoms with Crippen LogP contribution in [0.15, 0.2) is 12.1 Å². The number of phenolic OH excluding ortho intramolecular Hbond substituents is 1. The smallest absolute Gasteiger partial charge is 0.326 e. The fourth-order valence-corrected chi connectivity index (χ4v) is 4.09. The first-order valence-electron chi connectivity index (χ1n) is 7.65. The molecule has 0 saturated carbocycles. The van der Waals surface area contributed by atoms with E-state index in [1.54, 1.807) is 4.72 Å². The van der Waals surface area contributed by atoms with E-state index in [1.807, 2.05) is 0 Å². The van der Waals surface area contributed by atoms with Crippen LogP contribution in [-0.2, 0) is 21.5 Å². The van der Waals surface area contributed by atoms with Crippen molar-refractivity contribution < 1.29 is 22.7 Å². The second-order valence-corrected chi connectivity index (χ2v) is 7.48. The lowest BCUT2D eigenvalue weighted by Gasteiger charge is -2.24. The number of rotatable bonds is 4. The highest BCUT2D eigenvalue weighted by molar-refractivity contribution is 7.92. The summed E-state index contributed by atoms with van der Waals surface area (Å²) in [5, 5.41) is 16.6. The topological polar surface area (TPSA) is 111 Å². The fraction of sp³-hybridized carbons (Fsp3) is 0.500. The predicted octanol–water partition coefficient (Wildman–Crippen LogP) is -0.446. The molecule has 2 saturated heterocycles. The van der Waals surface area contributed by atoms with Gasteiger partial charge in [0.2, 0.25) is 0 Å². The first kappa shape index (κ1) is 16.9. The molecule has 1 amide bonds. The molecule has 2 fully saturated rings. The minimum absolute atomic E-state index is 0.317. The van der Waals surface area contributed by atoms with E-state index in [9.17, 15) is 22.7 Å². The molecule has 0 aromatic heterocycles. The number of benzene rings is 1. The Labute approximate surface area is 139 Å². The molecule has 1 aromatic carbocycles. The molecule has 0 unspecified atom stereocenters. The molecule has 132 valence electrons. The zero-order chi connectivity index (χ0) is 17.3. The van der Waals surface area contributed by atoms with Crippen molar-refractivity contribution in [1.82, 2.24) is 15.4 Å². The first-order chi connectivity index (χ1) is 11.4. The number of piperidine rings is 1. The van der Waals surface area contributed by atoms with Crippen molar-refractivity contribution >= 4 is 21.8 Å².